The normalized spacial score (nSPS) is 23.8. The molecule has 2 saturated heterocycles. The summed E-state index contributed by atoms with van der Waals surface area (Å²) < 4.78 is 1.68. The lowest BCUT2D eigenvalue weighted by Crippen LogP contribution is -2.32. The summed E-state index contributed by atoms with van der Waals surface area (Å²) in [4.78, 5) is 35.6. The number of likely N-dealkylation sites (tertiary alicyclic amines) is 1. The maximum absolute atomic E-state index is 12.0. The highest BCUT2D eigenvalue weighted by atomic mass is 16.2. The highest BCUT2D eigenvalue weighted by Crippen LogP contribution is 2.46. The maximum Gasteiger partial charge on any atom is 0.254 e. The van der Waals surface area contributed by atoms with Crippen molar-refractivity contribution < 1.29 is 9.59 Å². The lowest BCUT2D eigenvalue weighted by atomic mass is 10.1. The number of imide groups is 1. The van der Waals surface area contributed by atoms with Crippen LogP contribution in [0.1, 0.15) is 50.5 Å². The largest absolute Gasteiger partial charge is 0.353 e. The second-order valence-corrected chi connectivity index (χ2v) is 9.69. The van der Waals surface area contributed by atoms with Gasteiger partial charge in [0.1, 0.15) is 0 Å². The molecule has 4 aliphatic rings. The second kappa shape index (κ2) is 7.54. The Hall–Kier alpha value is -3.01. The average Bonchev–Trinajstić information content (AvgIpc) is 3.59. The molecule has 0 bridgehead atoms. The standard InChI is InChI=1S/C22H28N8O2/c31-17-10-14(19(32)26-17)9-15-11-24-30-18(15)27-20(28-21(30)25-16-3-4-16)23-12-22(5-6-22)13-29-7-1-2-8-29/h9,11,16H,1-8,10,12-13H2,(H,26,31,32)(H2,23,25,27,28)/b14-9+. The molecule has 168 valence electrons. The van der Waals surface area contributed by atoms with E-state index in [2.05, 4.69) is 25.9 Å². The highest BCUT2D eigenvalue weighted by molar-refractivity contribution is 6.15. The van der Waals surface area contributed by atoms with E-state index in [0.717, 1.165) is 25.9 Å². The third kappa shape index (κ3) is 3.94. The van der Waals surface area contributed by atoms with Crippen molar-refractivity contribution in [1.29, 1.82) is 0 Å². The van der Waals surface area contributed by atoms with Gasteiger partial charge in [-0.3, -0.25) is 14.9 Å². The molecule has 0 aromatic carbocycles. The van der Waals surface area contributed by atoms with Crippen molar-refractivity contribution in [2.75, 3.05) is 36.8 Å². The Kier molecular flexibility index (Phi) is 4.63. The number of anilines is 2. The lowest BCUT2D eigenvalue weighted by Gasteiger charge is -2.23. The summed E-state index contributed by atoms with van der Waals surface area (Å²) in [6.45, 7) is 4.42. The van der Waals surface area contributed by atoms with Crippen molar-refractivity contribution in [2.24, 2.45) is 5.41 Å². The summed E-state index contributed by atoms with van der Waals surface area (Å²) in [5, 5.41) is 13.7. The van der Waals surface area contributed by atoms with Gasteiger partial charge in [0.2, 0.25) is 17.8 Å². The van der Waals surface area contributed by atoms with Gasteiger partial charge in [0, 0.05) is 35.7 Å². The van der Waals surface area contributed by atoms with Gasteiger partial charge >= 0.3 is 0 Å². The first-order chi connectivity index (χ1) is 15.6. The van der Waals surface area contributed by atoms with Gasteiger partial charge < -0.3 is 15.5 Å². The van der Waals surface area contributed by atoms with Gasteiger partial charge in [-0.1, -0.05) is 0 Å². The van der Waals surface area contributed by atoms with Crippen LogP contribution in [0.4, 0.5) is 11.9 Å². The minimum Gasteiger partial charge on any atom is -0.353 e. The lowest BCUT2D eigenvalue weighted by molar-refractivity contribution is -0.124. The Bertz CT molecular complexity index is 1110. The summed E-state index contributed by atoms with van der Waals surface area (Å²) in [5.41, 5.74) is 2.07. The van der Waals surface area contributed by atoms with Gasteiger partial charge in [-0.2, -0.15) is 19.6 Å². The Morgan fingerprint density at radius 1 is 1.19 bits per heavy atom. The summed E-state index contributed by atoms with van der Waals surface area (Å²) >= 11 is 0. The molecule has 2 amide bonds. The van der Waals surface area contributed by atoms with Crippen molar-refractivity contribution in [3.8, 4) is 0 Å². The van der Waals surface area contributed by atoms with Crippen LogP contribution >= 0.6 is 0 Å². The summed E-state index contributed by atoms with van der Waals surface area (Å²) in [6, 6.07) is 0.412. The number of amides is 2. The van der Waals surface area contributed by atoms with E-state index in [1.807, 2.05) is 0 Å². The Labute approximate surface area is 185 Å². The van der Waals surface area contributed by atoms with Gasteiger partial charge in [-0.05, 0) is 57.7 Å². The first-order valence-electron chi connectivity index (χ1n) is 11.6. The molecule has 6 rings (SSSR count). The molecule has 0 radical (unpaired) electrons. The molecule has 2 aromatic heterocycles. The molecule has 4 fully saturated rings. The van der Waals surface area contributed by atoms with Crippen LogP contribution in [0, 0.1) is 5.41 Å². The van der Waals surface area contributed by atoms with Crippen LogP contribution in [-0.2, 0) is 9.59 Å². The molecule has 2 saturated carbocycles. The monoisotopic (exact) mass is 436 g/mol. The number of rotatable bonds is 8. The minimum absolute atomic E-state index is 0.0819. The van der Waals surface area contributed by atoms with Crippen LogP contribution in [0.15, 0.2) is 11.8 Å². The first-order valence-corrected chi connectivity index (χ1v) is 11.6. The molecule has 0 atom stereocenters. The summed E-state index contributed by atoms with van der Waals surface area (Å²) in [7, 11) is 0. The first kappa shape index (κ1) is 19.7. The molecule has 4 heterocycles. The number of fused-ring (bicyclic) bond motifs is 1. The van der Waals surface area contributed by atoms with Gasteiger partial charge in [-0.25, -0.2) is 0 Å². The number of nitrogens with one attached hydrogen (secondary N) is 3. The fraction of sp³-hybridized carbons (Fsp3) is 0.591. The molecule has 10 heteroatoms. The molecule has 10 nitrogen and oxygen atoms in total. The number of aromatic nitrogens is 4. The predicted octanol–water partition coefficient (Wildman–Crippen LogP) is 1.42. The zero-order chi connectivity index (χ0) is 21.7. The molecule has 2 aliphatic carbocycles. The number of hydrogen-bond donors (Lipinski definition) is 3. The van der Waals surface area contributed by atoms with E-state index in [1.54, 1.807) is 16.8 Å². The van der Waals surface area contributed by atoms with E-state index >= 15 is 0 Å². The van der Waals surface area contributed by atoms with Crippen molar-refractivity contribution in [3.05, 3.63) is 17.3 Å². The van der Waals surface area contributed by atoms with E-state index in [4.69, 9.17) is 9.97 Å². The number of hydrogen-bond acceptors (Lipinski definition) is 8. The quantitative estimate of drug-likeness (QED) is 0.420. The molecular formula is C22H28N8O2. The number of nitrogens with zero attached hydrogens (tertiary/aromatic N) is 5. The highest BCUT2D eigenvalue weighted by Gasteiger charge is 2.44. The van der Waals surface area contributed by atoms with E-state index < -0.39 is 0 Å². The van der Waals surface area contributed by atoms with Crippen molar-refractivity contribution in [3.63, 3.8) is 0 Å². The van der Waals surface area contributed by atoms with E-state index in [1.165, 1.54) is 38.8 Å². The van der Waals surface area contributed by atoms with Crippen LogP contribution in [0.5, 0.6) is 0 Å². The molecule has 2 aromatic rings. The second-order valence-electron chi connectivity index (χ2n) is 9.69. The van der Waals surface area contributed by atoms with Gasteiger partial charge in [0.15, 0.2) is 5.65 Å². The molecular weight excluding hydrogens is 408 g/mol. The van der Waals surface area contributed by atoms with Crippen LogP contribution < -0.4 is 16.0 Å². The Balaban J connectivity index is 1.27. The molecule has 32 heavy (non-hydrogen) atoms. The van der Waals surface area contributed by atoms with Crippen LogP contribution in [0.2, 0.25) is 0 Å². The maximum atomic E-state index is 12.0. The molecule has 0 unspecified atom stereocenters. The van der Waals surface area contributed by atoms with Crippen LogP contribution in [0.25, 0.3) is 11.7 Å². The summed E-state index contributed by atoms with van der Waals surface area (Å²) in [6.07, 6.45) is 10.8. The fourth-order valence-corrected chi connectivity index (χ4v) is 4.64. The van der Waals surface area contributed by atoms with Crippen molar-refractivity contribution in [1.82, 2.24) is 29.8 Å². The van der Waals surface area contributed by atoms with E-state index in [-0.39, 0.29) is 18.2 Å². The number of carbonyl (C=O) groups excluding carboxylic acids is 2. The zero-order valence-corrected chi connectivity index (χ0v) is 18.1. The SMILES string of the molecule is O=C1C/C(=C\c2cnn3c(NC4CC4)nc(NCC4(CN5CCCC5)CC4)nc23)C(=O)N1. The number of carbonyl (C=O) groups is 2. The van der Waals surface area contributed by atoms with Crippen LogP contribution in [0.3, 0.4) is 0 Å². The topological polar surface area (TPSA) is 117 Å². The smallest absolute Gasteiger partial charge is 0.254 e. The van der Waals surface area contributed by atoms with Gasteiger partial charge in [-0.15, -0.1) is 0 Å². The molecule has 0 spiro atoms. The fourth-order valence-electron chi connectivity index (χ4n) is 4.64. The van der Waals surface area contributed by atoms with Gasteiger partial charge in [0.05, 0.1) is 12.6 Å². The Morgan fingerprint density at radius 3 is 2.69 bits per heavy atom. The van der Waals surface area contributed by atoms with E-state index in [9.17, 15) is 9.59 Å². The third-order valence-corrected chi connectivity index (χ3v) is 6.87. The average molecular weight is 437 g/mol. The van der Waals surface area contributed by atoms with Crippen LogP contribution in [-0.4, -0.2) is 68.5 Å². The molecule has 3 N–H and O–H groups in total. The zero-order valence-electron chi connectivity index (χ0n) is 18.1. The van der Waals surface area contributed by atoms with Gasteiger partial charge in [0.25, 0.3) is 5.91 Å². The van der Waals surface area contributed by atoms with Crippen molar-refractivity contribution in [2.45, 2.75) is 51.0 Å². The Morgan fingerprint density at radius 2 is 2.00 bits per heavy atom. The minimum atomic E-state index is -0.351. The summed E-state index contributed by atoms with van der Waals surface area (Å²) in [5.74, 6) is 0.593. The molecule has 2 aliphatic heterocycles. The predicted molar refractivity (Wildman–Crippen MR) is 119 cm³/mol. The van der Waals surface area contributed by atoms with Crippen molar-refractivity contribution >= 4 is 35.4 Å². The third-order valence-electron chi connectivity index (χ3n) is 6.87. The van der Waals surface area contributed by atoms with E-state index in [0.29, 0.717) is 40.1 Å².